The summed E-state index contributed by atoms with van der Waals surface area (Å²) in [4.78, 5) is 29.3. The molecule has 1 saturated heterocycles. The lowest BCUT2D eigenvalue weighted by Gasteiger charge is -2.26. The van der Waals surface area contributed by atoms with E-state index in [2.05, 4.69) is 15.5 Å². The molecule has 34 heavy (non-hydrogen) atoms. The van der Waals surface area contributed by atoms with Crippen LogP contribution < -0.4 is 5.32 Å². The number of nitrogens with one attached hydrogen (secondary N) is 1. The molecule has 1 fully saturated rings. The number of urea groups is 1. The van der Waals surface area contributed by atoms with Crippen LogP contribution in [0.4, 0.5) is 10.5 Å². The summed E-state index contributed by atoms with van der Waals surface area (Å²) < 4.78 is 2.05. The molecule has 2 heterocycles. The van der Waals surface area contributed by atoms with Crippen molar-refractivity contribution in [1.82, 2.24) is 24.6 Å². The zero-order valence-corrected chi connectivity index (χ0v) is 20.6. The number of amides is 3. The van der Waals surface area contributed by atoms with Crippen molar-refractivity contribution in [1.29, 1.82) is 0 Å². The molecule has 9 heteroatoms. The van der Waals surface area contributed by atoms with Crippen LogP contribution in [0.3, 0.4) is 0 Å². The van der Waals surface area contributed by atoms with E-state index in [4.69, 9.17) is 11.6 Å². The van der Waals surface area contributed by atoms with Crippen LogP contribution in [-0.2, 0) is 6.54 Å². The van der Waals surface area contributed by atoms with E-state index >= 15 is 0 Å². The number of anilines is 1. The summed E-state index contributed by atoms with van der Waals surface area (Å²) in [5.74, 6) is 1.39. The Balaban J connectivity index is 1.58. The van der Waals surface area contributed by atoms with Gasteiger partial charge >= 0.3 is 6.03 Å². The van der Waals surface area contributed by atoms with Crippen LogP contribution in [0, 0.1) is 13.8 Å². The molecule has 0 bridgehead atoms. The lowest BCUT2D eigenvalue weighted by Crippen LogP contribution is -2.36. The maximum Gasteiger partial charge on any atom is 0.322 e. The monoisotopic (exact) mass is 480 g/mol. The standard InChI is InChI=1S/C25H29ClN6O2/c1-16-7-12-21(20(14-16)24(33)30(3)4)27-25(34)31-13-5-6-22(31)23-29-28-17(2)32(23)15-18-8-10-19(26)11-9-18/h7-12,14,22H,5-6,13,15H2,1-4H3,(H,27,34)/t22-/m1/s1. The highest BCUT2D eigenvalue weighted by Gasteiger charge is 2.34. The van der Waals surface area contributed by atoms with E-state index in [1.165, 1.54) is 4.90 Å². The first-order chi connectivity index (χ1) is 16.2. The third-order valence-corrected chi connectivity index (χ3v) is 6.34. The number of likely N-dealkylation sites (tertiary alicyclic amines) is 1. The molecule has 4 rings (SSSR count). The van der Waals surface area contributed by atoms with Gasteiger partial charge in [-0.1, -0.05) is 35.4 Å². The van der Waals surface area contributed by atoms with Crippen molar-refractivity contribution in [3.05, 3.63) is 75.8 Å². The second kappa shape index (κ2) is 9.85. The Morgan fingerprint density at radius 1 is 1.12 bits per heavy atom. The number of rotatable bonds is 5. The number of hydrogen-bond acceptors (Lipinski definition) is 4. The second-order valence-corrected chi connectivity index (χ2v) is 9.28. The fourth-order valence-corrected chi connectivity index (χ4v) is 4.39. The van der Waals surface area contributed by atoms with Gasteiger partial charge in [-0.2, -0.15) is 0 Å². The van der Waals surface area contributed by atoms with Crippen LogP contribution in [0.2, 0.25) is 5.02 Å². The number of halogens is 1. The highest BCUT2D eigenvalue weighted by Crippen LogP contribution is 2.32. The van der Waals surface area contributed by atoms with E-state index < -0.39 is 0 Å². The van der Waals surface area contributed by atoms with E-state index in [9.17, 15) is 9.59 Å². The van der Waals surface area contributed by atoms with Gasteiger partial charge in [0.1, 0.15) is 5.82 Å². The Labute approximate surface area is 204 Å². The molecule has 0 aliphatic carbocycles. The summed E-state index contributed by atoms with van der Waals surface area (Å²) in [6.07, 6.45) is 1.66. The minimum atomic E-state index is -0.252. The molecule has 178 valence electrons. The lowest BCUT2D eigenvalue weighted by molar-refractivity contribution is 0.0828. The molecule has 1 aliphatic rings. The average Bonchev–Trinajstić information content (AvgIpc) is 3.43. The van der Waals surface area contributed by atoms with E-state index in [-0.39, 0.29) is 18.0 Å². The van der Waals surface area contributed by atoms with Crippen molar-refractivity contribution < 1.29 is 9.59 Å². The van der Waals surface area contributed by atoms with Gasteiger partial charge in [0, 0.05) is 25.7 Å². The lowest BCUT2D eigenvalue weighted by atomic mass is 10.1. The molecule has 3 amide bonds. The summed E-state index contributed by atoms with van der Waals surface area (Å²) in [6.45, 7) is 5.03. The summed E-state index contributed by atoms with van der Waals surface area (Å²) in [5, 5.41) is 12.4. The van der Waals surface area contributed by atoms with Gasteiger partial charge in [0.05, 0.1) is 23.8 Å². The van der Waals surface area contributed by atoms with Gasteiger partial charge < -0.3 is 19.7 Å². The molecule has 0 saturated carbocycles. The van der Waals surface area contributed by atoms with E-state index in [0.29, 0.717) is 29.4 Å². The predicted octanol–water partition coefficient (Wildman–Crippen LogP) is 4.67. The fourth-order valence-electron chi connectivity index (χ4n) is 4.26. The molecule has 2 aromatic carbocycles. The van der Waals surface area contributed by atoms with Crippen LogP contribution in [0.25, 0.3) is 0 Å². The summed E-state index contributed by atoms with van der Waals surface area (Å²) in [7, 11) is 3.39. The number of aromatic nitrogens is 3. The molecule has 1 aliphatic heterocycles. The Bertz CT molecular complexity index is 1200. The number of hydrogen-bond donors (Lipinski definition) is 1. The quantitative estimate of drug-likeness (QED) is 0.575. The minimum absolute atomic E-state index is 0.157. The highest BCUT2D eigenvalue weighted by atomic mass is 35.5. The van der Waals surface area contributed by atoms with Gasteiger partial charge in [-0.05, 0) is 56.5 Å². The van der Waals surface area contributed by atoms with Gasteiger partial charge in [0.2, 0.25) is 0 Å². The minimum Gasteiger partial charge on any atom is -0.345 e. The van der Waals surface area contributed by atoms with Crippen LogP contribution in [0.1, 0.15) is 52.0 Å². The SMILES string of the molecule is Cc1ccc(NC(=O)N2CCC[C@@H]2c2nnc(C)n2Cc2ccc(Cl)cc2)c(C(=O)N(C)C)c1. The smallest absolute Gasteiger partial charge is 0.322 e. The first kappa shape index (κ1) is 23.8. The Morgan fingerprint density at radius 2 is 1.85 bits per heavy atom. The zero-order valence-electron chi connectivity index (χ0n) is 19.9. The molecular weight excluding hydrogens is 452 g/mol. The topological polar surface area (TPSA) is 83.4 Å². The van der Waals surface area contributed by atoms with Gasteiger partial charge in [-0.25, -0.2) is 4.79 Å². The van der Waals surface area contributed by atoms with E-state index in [0.717, 1.165) is 35.6 Å². The fraction of sp³-hybridized carbons (Fsp3) is 0.360. The van der Waals surface area contributed by atoms with Crippen molar-refractivity contribution in [3.8, 4) is 0 Å². The summed E-state index contributed by atoms with van der Waals surface area (Å²) >= 11 is 6.03. The zero-order chi connectivity index (χ0) is 24.4. The van der Waals surface area contributed by atoms with Gasteiger partial charge in [0.15, 0.2) is 5.82 Å². The van der Waals surface area contributed by atoms with Crippen LogP contribution >= 0.6 is 11.6 Å². The molecule has 0 spiro atoms. The Morgan fingerprint density at radius 3 is 2.56 bits per heavy atom. The number of benzene rings is 2. The first-order valence-electron chi connectivity index (χ1n) is 11.3. The number of carbonyl (C=O) groups is 2. The molecule has 1 aromatic heterocycles. The van der Waals surface area contributed by atoms with Crippen LogP contribution in [0.5, 0.6) is 0 Å². The molecule has 8 nitrogen and oxygen atoms in total. The maximum absolute atomic E-state index is 13.4. The number of aryl methyl sites for hydroxylation is 2. The van der Waals surface area contributed by atoms with E-state index in [1.54, 1.807) is 31.1 Å². The summed E-state index contributed by atoms with van der Waals surface area (Å²) in [6, 6.07) is 12.7. The molecule has 3 aromatic rings. The Hall–Kier alpha value is -3.39. The number of nitrogens with zero attached hydrogens (tertiary/aromatic N) is 5. The predicted molar refractivity (Wildman–Crippen MR) is 132 cm³/mol. The molecule has 0 radical (unpaired) electrons. The van der Waals surface area contributed by atoms with Gasteiger partial charge in [-0.3, -0.25) is 4.79 Å². The largest absolute Gasteiger partial charge is 0.345 e. The molecule has 0 unspecified atom stereocenters. The normalized spacial score (nSPS) is 15.4. The van der Waals surface area contributed by atoms with Crippen LogP contribution in [0.15, 0.2) is 42.5 Å². The van der Waals surface area contributed by atoms with E-state index in [1.807, 2.05) is 48.7 Å². The Kier molecular flexibility index (Phi) is 6.88. The van der Waals surface area contributed by atoms with Gasteiger partial charge in [0.25, 0.3) is 5.91 Å². The second-order valence-electron chi connectivity index (χ2n) is 8.85. The van der Waals surface area contributed by atoms with Crippen molar-refractivity contribution in [2.24, 2.45) is 0 Å². The van der Waals surface area contributed by atoms with Crippen molar-refractivity contribution in [2.45, 2.75) is 39.3 Å². The molecule has 1 N–H and O–H groups in total. The van der Waals surface area contributed by atoms with Crippen molar-refractivity contribution in [3.63, 3.8) is 0 Å². The maximum atomic E-state index is 13.4. The van der Waals surface area contributed by atoms with Crippen molar-refractivity contribution in [2.75, 3.05) is 26.0 Å². The third kappa shape index (κ3) is 4.92. The first-order valence-corrected chi connectivity index (χ1v) is 11.7. The van der Waals surface area contributed by atoms with Crippen LogP contribution in [-0.4, -0.2) is 57.1 Å². The van der Waals surface area contributed by atoms with Crippen molar-refractivity contribution >= 4 is 29.2 Å². The summed E-state index contributed by atoms with van der Waals surface area (Å²) in [5.41, 5.74) is 3.00. The molecule has 1 atom stereocenters. The molecular formula is C25H29ClN6O2. The number of carbonyl (C=O) groups excluding carboxylic acids is 2. The average molecular weight is 481 g/mol. The third-order valence-electron chi connectivity index (χ3n) is 6.08. The van der Waals surface area contributed by atoms with Gasteiger partial charge in [-0.15, -0.1) is 10.2 Å². The highest BCUT2D eigenvalue weighted by molar-refractivity contribution is 6.30.